The molecule has 0 amide bonds. The van der Waals surface area contributed by atoms with Crippen LogP contribution in [0.1, 0.15) is 12.5 Å². The number of nitrogens with two attached hydrogens (primary N) is 1. The van der Waals surface area contributed by atoms with E-state index >= 15 is 0 Å². The normalized spacial score (nSPS) is 11.8. The van der Waals surface area contributed by atoms with E-state index in [0.717, 1.165) is 22.0 Å². The monoisotopic (exact) mass is 311 g/mol. The maximum absolute atomic E-state index is 12.5. The molecule has 3 rings (SSSR count). The summed E-state index contributed by atoms with van der Waals surface area (Å²) in [6, 6.07) is 15.0. The van der Waals surface area contributed by atoms with Gasteiger partial charge in [0, 0.05) is 21.5 Å². The van der Waals surface area contributed by atoms with Gasteiger partial charge in [-0.1, -0.05) is 41.9 Å². The molecule has 0 saturated heterocycles. The molecule has 3 aromatic rings. The van der Waals surface area contributed by atoms with Crippen molar-refractivity contribution in [2.24, 2.45) is 10.9 Å². The van der Waals surface area contributed by atoms with Crippen molar-refractivity contribution in [2.75, 3.05) is 0 Å². The van der Waals surface area contributed by atoms with E-state index < -0.39 is 0 Å². The van der Waals surface area contributed by atoms with Crippen molar-refractivity contribution < 1.29 is 0 Å². The third-order valence-corrected chi connectivity index (χ3v) is 3.83. The minimum atomic E-state index is -0.222. The zero-order chi connectivity index (χ0) is 15.7. The van der Waals surface area contributed by atoms with E-state index in [4.69, 9.17) is 17.4 Å². The van der Waals surface area contributed by atoms with Gasteiger partial charge in [-0.3, -0.25) is 4.79 Å². The van der Waals surface area contributed by atoms with E-state index in [1.165, 1.54) is 0 Å². The molecule has 0 atom stereocenters. The highest BCUT2D eigenvalue weighted by molar-refractivity contribution is 6.31. The molecule has 0 unspecified atom stereocenters. The molecule has 0 bridgehead atoms. The Balaban J connectivity index is 2.53. The highest BCUT2D eigenvalue weighted by atomic mass is 35.5. The van der Waals surface area contributed by atoms with Gasteiger partial charge in [0.05, 0.1) is 11.3 Å². The van der Waals surface area contributed by atoms with Gasteiger partial charge >= 0.3 is 0 Å². The first-order valence-corrected chi connectivity index (χ1v) is 7.15. The minimum Gasteiger partial charge on any atom is -0.323 e. The molecule has 22 heavy (non-hydrogen) atoms. The van der Waals surface area contributed by atoms with Crippen LogP contribution < -0.4 is 11.4 Å². The lowest BCUT2D eigenvalue weighted by molar-refractivity contribution is 1.22. The zero-order valence-corrected chi connectivity index (χ0v) is 12.7. The number of aromatic nitrogens is 1. The molecule has 1 heterocycles. The number of hydrazone groups is 1. The number of nitrogens with one attached hydrogen (secondary N) is 1. The van der Waals surface area contributed by atoms with Crippen LogP contribution in [0.25, 0.3) is 22.0 Å². The van der Waals surface area contributed by atoms with Crippen molar-refractivity contribution >= 4 is 28.2 Å². The highest BCUT2D eigenvalue weighted by Gasteiger charge is 2.17. The molecule has 0 aliphatic heterocycles. The first-order chi connectivity index (χ1) is 10.6. The second-order valence-corrected chi connectivity index (χ2v) is 5.41. The van der Waals surface area contributed by atoms with Crippen LogP contribution in [-0.4, -0.2) is 10.7 Å². The molecule has 0 saturated carbocycles. The van der Waals surface area contributed by atoms with E-state index in [9.17, 15) is 4.79 Å². The maximum atomic E-state index is 12.5. The summed E-state index contributed by atoms with van der Waals surface area (Å²) in [4.78, 5) is 15.3. The number of H-pyrrole nitrogens is 1. The van der Waals surface area contributed by atoms with Gasteiger partial charge in [-0.25, -0.2) is 0 Å². The van der Waals surface area contributed by atoms with E-state index in [2.05, 4.69) is 10.1 Å². The minimum absolute atomic E-state index is 0.222. The van der Waals surface area contributed by atoms with Gasteiger partial charge in [0.2, 0.25) is 0 Å². The van der Waals surface area contributed by atoms with Crippen molar-refractivity contribution in [2.45, 2.75) is 6.92 Å². The van der Waals surface area contributed by atoms with Gasteiger partial charge in [0.25, 0.3) is 5.56 Å². The highest BCUT2D eigenvalue weighted by Crippen LogP contribution is 2.31. The molecule has 0 spiro atoms. The summed E-state index contributed by atoms with van der Waals surface area (Å²) in [7, 11) is 0. The Morgan fingerprint density at radius 1 is 1.18 bits per heavy atom. The third-order valence-electron chi connectivity index (χ3n) is 3.59. The van der Waals surface area contributed by atoms with Crippen molar-refractivity contribution in [3.05, 3.63) is 69.5 Å². The summed E-state index contributed by atoms with van der Waals surface area (Å²) in [6.07, 6.45) is 0. The number of benzene rings is 2. The van der Waals surface area contributed by atoms with Gasteiger partial charge < -0.3 is 10.8 Å². The number of rotatable bonds is 2. The lowest BCUT2D eigenvalue weighted by Crippen LogP contribution is -2.19. The van der Waals surface area contributed by atoms with Crippen LogP contribution in [-0.2, 0) is 0 Å². The fraction of sp³-hybridized carbons (Fsp3) is 0.0588. The first kappa shape index (κ1) is 14.4. The zero-order valence-electron chi connectivity index (χ0n) is 11.9. The predicted octanol–water partition coefficient (Wildman–Crippen LogP) is 3.53. The van der Waals surface area contributed by atoms with E-state index in [-0.39, 0.29) is 5.56 Å². The van der Waals surface area contributed by atoms with Gasteiger partial charge in [0.1, 0.15) is 0 Å². The number of halogens is 1. The summed E-state index contributed by atoms with van der Waals surface area (Å²) in [5.41, 5.74) is 3.14. The number of fused-ring (bicyclic) bond motifs is 1. The Morgan fingerprint density at radius 3 is 2.59 bits per heavy atom. The number of pyridine rings is 1. The van der Waals surface area contributed by atoms with Crippen molar-refractivity contribution in [1.82, 2.24) is 4.98 Å². The predicted molar refractivity (Wildman–Crippen MR) is 91.4 cm³/mol. The number of nitrogens with zero attached hydrogens (tertiary/aromatic N) is 1. The van der Waals surface area contributed by atoms with Gasteiger partial charge in [0.15, 0.2) is 0 Å². The molecule has 110 valence electrons. The van der Waals surface area contributed by atoms with E-state index in [1.54, 1.807) is 19.1 Å². The summed E-state index contributed by atoms with van der Waals surface area (Å²) in [5.74, 6) is 5.40. The summed E-state index contributed by atoms with van der Waals surface area (Å²) in [6.45, 7) is 1.72. The van der Waals surface area contributed by atoms with Gasteiger partial charge in [-0.2, -0.15) is 5.10 Å². The fourth-order valence-corrected chi connectivity index (χ4v) is 2.75. The van der Waals surface area contributed by atoms with Crippen molar-refractivity contribution in [3.8, 4) is 11.1 Å². The van der Waals surface area contributed by atoms with Gasteiger partial charge in [-0.15, -0.1) is 0 Å². The molecule has 5 heteroatoms. The summed E-state index contributed by atoms with van der Waals surface area (Å²) < 4.78 is 0. The molecule has 1 aromatic heterocycles. The molecule has 0 aliphatic carbocycles. The largest absolute Gasteiger partial charge is 0.323 e. The van der Waals surface area contributed by atoms with Crippen LogP contribution in [0.5, 0.6) is 0 Å². The third kappa shape index (κ3) is 2.38. The molecule has 2 aromatic carbocycles. The smallest absolute Gasteiger partial charge is 0.258 e. The van der Waals surface area contributed by atoms with E-state index in [1.807, 2.05) is 36.4 Å². The average Bonchev–Trinajstić information content (AvgIpc) is 2.54. The molecule has 0 radical (unpaired) electrons. The van der Waals surface area contributed by atoms with Crippen LogP contribution >= 0.6 is 11.6 Å². The number of hydrogen-bond donors (Lipinski definition) is 2. The molecule has 3 N–H and O–H groups in total. The number of aromatic amines is 1. The SMILES string of the molecule is CC(=NN)c1c(-c2ccccc2)c2cc(Cl)ccc2[nH]c1=O. The molecule has 0 fully saturated rings. The average molecular weight is 312 g/mol. The molecule has 0 aliphatic rings. The Labute approximate surface area is 132 Å². The lowest BCUT2D eigenvalue weighted by atomic mass is 9.94. The molecule has 4 nitrogen and oxygen atoms in total. The summed E-state index contributed by atoms with van der Waals surface area (Å²) >= 11 is 6.14. The Morgan fingerprint density at radius 2 is 1.91 bits per heavy atom. The van der Waals surface area contributed by atoms with Crippen LogP contribution in [0.4, 0.5) is 0 Å². The Hall–Kier alpha value is -2.59. The Bertz CT molecular complexity index is 930. The maximum Gasteiger partial charge on any atom is 0.258 e. The van der Waals surface area contributed by atoms with Crippen LogP contribution in [0.3, 0.4) is 0 Å². The summed E-state index contributed by atoms with van der Waals surface area (Å²) in [5, 5.41) is 5.16. The van der Waals surface area contributed by atoms with Crippen LogP contribution in [0.2, 0.25) is 5.02 Å². The van der Waals surface area contributed by atoms with Crippen LogP contribution in [0, 0.1) is 0 Å². The lowest BCUT2D eigenvalue weighted by Gasteiger charge is -2.12. The first-order valence-electron chi connectivity index (χ1n) is 6.77. The molecular weight excluding hydrogens is 298 g/mol. The van der Waals surface area contributed by atoms with E-state index in [0.29, 0.717) is 16.3 Å². The standard InChI is InChI=1S/C17H14ClN3O/c1-10(21-19)15-16(11-5-3-2-4-6-11)13-9-12(18)7-8-14(13)20-17(15)22/h2-9H,19H2,1H3,(H,20,22). The second kappa shape index (κ2) is 5.66. The quantitative estimate of drug-likeness (QED) is 0.432. The number of hydrogen-bond acceptors (Lipinski definition) is 3. The second-order valence-electron chi connectivity index (χ2n) is 4.97. The van der Waals surface area contributed by atoms with Gasteiger partial charge in [-0.05, 0) is 30.7 Å². The van der Waals surface area contributed by atoms with Crippen molar-refractivity contribution in [3.63, 3.8) is 0 Å². The Kier molecular flexibility index (Phi) is 3.69. The van der Waals surface area contributed by atoms with Crippen LogP contribution in [0.15, 0.2) is 58.4 Å². The molecular formula is C17H14ClN3O. The van der Waals surface area contributed by atoms with Crippen molar-refractivity contribution in [1.29, 1.82) is 0 Å². The topological polar surface area (TPSA) is 71.2 Å². The fourth-order valence-electron chi connectivity index (χ4n) is 2.58.